The second-order valence-electron chi connectivity index (χ2n) is 5.74. The summed E-state index contributed by atoms with van der Waals surface area (Å²) in [4.78, 5) is 15.7. The number of benzene rings is 2. The molecule has 4 rings (SSSR count). The van der Waals surface area contributed by atoms with E-state index in [1.165, 1.54) is 12.1 Å². The van der Waals surface area contributed by atoms with Gasteiger partial charge in [0.05, 0.1) is 11.0 Å². The van der Waals surface area contributed by atoms with Crippen LogP contribution in [0.2, 0.25) is 0 Å². The molecule has 0 bridgehead atoms. The number of nitrogens with zero attached hydrogens (tertiary/aromatic N) is 2. The first-order valence-electron chi connectivity index (χ1n) is 7.61. The summed E-state index contributed by atoms with van der Waals surface area (Å²) < 4.78 is 14.6. The number of aliphatic hydroxyl groups excluding tert-OH is 1. The highest BCUT2D eigenvalue weighted by Crippen LogP contribution is 2.32. The summed E-state index contributed by atoms with van der Waals surface area (Å²) in [5.41, 5.74) is 1.81. The third kappa shape index (κ3) is 2.43. The van der Waals surface area contributed by atoms with Gasteiger partial charge in [-0.05, 0) is 35.9 Å². The van der Waals surface area contributed by atoms with E-state index in [4.69, 9.17) is 0 Å². The molecule has 0 aliphatic carbocycles. The van der Waals surface area contributed by atoms with Crippen molar-refractivity contribution in [1.29, 1.82) is 0 Å². The van der Waals surface area contributed by atoms with E-state index in [1.54, 1.807) is 48.8 Å². The number of hydrogen-bond acceptors (Lipinski definition) is 3. The molecule has 2 aromatic carbocycles. The summed E-state index contributed by atoms with van der Waals surface area (Å²) >= 11 is 0. The first-order chi connectivity index (χ1) is 12.1. The van der Waals surface area contributed by atoms with Gasteiger partial charge in [-0.15, -0.1) is 0 Å². The van der Waals surface area contributed by atoms with Gasteiger partial charge in [0.2, 0.25) is 0 Å². The quantitative estimate of drug-likeness (QED) is 0.581. The lowest BCUT2D eigenvalue weighted by molar-refractivity contribution is 0.198. The highest BCUT2D eigenvalue weighted by Gasteiger charge is 2.18. The number of fused-ring (bicyclic) bond motifs is 3. The molecule has 6 heteroatoms. The van der Waals surface area contributed by atoms with Crippen LogP contribution >= 0.6 is 0 Å². The lowest BCUT2D eigenvalue weighted by Gasteiger charge is -2.11. The molecule has 1 unspecified atom stereocenters. The summed E-state index contributed by atoms with van der Waals surface area (Å²) in [5.74, 6) is -0.506. The smallest absolute Gasteiger partial charge is 0.416 e. The molecule has 0 saturated heterocycles. The maximum atomic E-state index is 13.6. The van der Waals surface area contributed by atoms with Crippen molar-refractivity contribution in [2.45, 2.75) is 6.10 Å². The van der Waals surface area contributed by atoms with Crippen molar-refractivity contribution >= 4 is 27.9 Å². The van der Waals surface area contributed by atoms with Crippen LogP contribution in [-0.4, -0.2) is 25.9 Å². The molecule has 0 aliphatic heterocycles. The highest BCUT2D eigenvalue weighted by atomic mass is 19.1. The minimum absolute atomic E-state index is 0.274. The summed E-state index contributed by atoms with van der Waals surface area (Å²) in [5, 5.41) is 21.4. The van der Waals surface area contributed by atoms with Crippen molar-refractivity contribution in [2.75, 3.05) is 0 Å². The zero-order valence-electron chi connectivity index (χ0n) is 12.9. The third-order valence-corrected chi connectivity index (χ3v) is 4.26. The fourth-order valence-electron chi connectivity index (χ4n) is 3.12. The molecule has 2 heterocycles. The lowest BCUT2D eigenvalue weighted by Crippen LogP contribution is -2.08. The van der Waals surface area contributed by atoms with E-state index in [0.717, 1.165) is 4.57 Å². The molecule has 5 nitrogen and oxygen atoms in total. The Hall–Kier alpha value is -3.25. The Bertz CT molecular complexity index is 1110. The van der Waals surface area contributed by atoms with Gasteiger partial charge in [0.1, 0.15) is 11.9 Å². The highest BCUT2D eigenvalue weighted by molar-refractivity contribution is 6.12. The second kappa shape index (κ2) is 5.68. The maximum absolute atomic E-state index is 13.6. The predicted molar refractivity (Wildman–Crippen MR) is 91.1 cm³/mol. The molecule has 2 N–H and O–H groups in total. The average molecular weight is 336 g/mol. The van der Waals surface area contributed by atoms with Crippen molar-refractivity contribution < 1.29 is 19.4 Å². The number of halogens is 1. The number of hydrogen-bond donors (Lipinski definition) is 2. The van der Waals surface area contributed by atoms with Crippen molar-refractivity contribution in [3.8, 4) is 0 Å². The number of pyridine rings is 1. The van der Waals surface area contributed by atoms with E-state index in [2.05, 4.69) is 4.98 Å². The summed E-state index contributed by atoms with van der Waals surface area (Å²) in [6.07, 6.45) is 1.02. The van der Waals surface area contributed by atoms with Gasteiger partial charge in [-0.2, -0.15) is 0 Å². The Morgan fingerprint density at radius 2 is 1.76 bits per heavy atom. The van der Waals surface area contributed by atoms with E-state index in [-0.39, 0.29) is 5.52 Å². The monoisotopic (exact) mass is 336 g/mol. The Kier molecular flexibility index (Phi) is 3.47. The third-order valence-electron chi connectivity index (χ3n) is 4.26. The Morgan fingerprint density at radius 1 is 1.04 bits per heavy atom. The molecule has 2 aromatic heterocycles. The lowest BCUT2D eigenvalue weighted by atomic mass is 10.0. The van der Waals surface area contributed by atoms with Gasteiger partial charge in [-0.1, -0.05) is 18.2 Å². The van der Waals surface area contributed by atoms with E-state index in [0.29, 0.717) is 27.4 Å². The van der Waals surface area contributed by atoms with Crippen LogP contribution in [0.15, 0.2) is 60.9 Å². The van der Waals surface area contributed by atoms with Crippen LogP contribution < -0.4 is 0 Å². The zero-order valence-corrected chi connectivity index (χ0v) is 12.9. The number of aromatic nitrogens is 2. The van der Waals surface area contributed by atoms with Crippen LogP contribution in [0.4, 0.5) is 9.18 Å². The van der Waals surface area contributed by atoms with Crippen LogP contribution in [-0.2, 0) is 0 Å². The van der Waals surface area contributed by atoms with Crippen molar-refractivity contribution in [3.05, 3.63) is 77.9 Å². The van der Waals surface area contributed by atoms with Crippen molar-refractivity contribution in [3.63, 3.8) is 0 Å². The first kappa shape index (κ1) is 15.3. The number of carboxylic acid groups (broad SMARTS) is 1. The van der Waals surface area contributed by atoms with Crippen LogP contribution in [0.3, 0.4) is 0 Å². The Balaban J connectivity index is 1.98. The standard InChI is InChI=1S/C19H13FN2O3/c20-13-4-6-15-14-5-3-11(18(23)12-2-1-7-21-10-12)8-16(14)22(19(24)25)17(15)9-13/h1-10,18,23H,(H,24,25). The normalized spacial score (nSPS) is 12.6. The molecule has 124 valence electrons. The molecule has 25 heavy (non-hydrogen) atoms. The molecule has 0 aliphatic rings. The molecule has 0 fully saturated rings. The van der Waals surface area contributed by atoms with E-state index >= 15 is 0 Å². The van der Waals surface area contributed by atoms with Gasteiger partial charge in [-0.25, -0.2) is 13.8 Å². The van der Waals surface area contributed by atoms with Gasteiger partial charge in [0.15, 0.2) is 0 Å². The van der Waals surface area contributed by atoms with Gasteiger partial charge in [-0.3, -0.25) is 4.98 Å². The number of carbonyl (C=O) groups is 1. The average Bonchev–Trinajstić information content (AvgIpc) is 2.94. The van der Waals surface area contributed by atoms with Crippen LogP contribution in [0.25, 0.3) is 21.8 Å². The second-order valence-corrected chi connectivity index (χ2v) is 5.74. The van der Waals surface area contributed by atoms with Crippen molar-refractivity contribution in [1.82, 2.24) is 9.55 Å². The van der Waals surface area contributed by atoms with E-state index < -0.39 is 18.0 Å². The molecule has 1 atom stereocenters. The van der Waals surface area contributed by atoms with Gasteiger partial charge < -0.3 is 10.2 Å². The van der Waals surface area contributed by atoms with E-state index in [9.17, 15) is 19.4 Å². The van der Waals surface area contributed by atoms with Gasteiger partial charge >= 0.3 is 6.09 Å². The fraction of sp³-hybridized carbons (Fsp3) is 0.0526. The van der Waals surface area contributed by atoms with Crippen molar-refractivity contribution in [2.24, 2.45) is 0 Å². The maximum Gasteiger partial charge on any atom is 0.416 e. The van der Waals surface area contributed by atoms with Crippen LogP contribution in [0.5, 0.6) is 0 Å². The summed E-state index contributed by atoms with van der Waals surface area (Å²) in [6.45, 7) is 0. The zero-order chi connectivity index (χ0) is 17.6. The molecular weight excluding hydrogens is 323 g/mol. The fourth-order valence-corrected chi connectivity index (χ4v) is 3.12. The molecular formula is C19H13FN2O3. The largest absolute Gasteiger partial charge is 0.464 e. The van der Waals surface area contributed by atoms with E-state index in [1.807, 2.05) is 0 Å². The Labute approximate surface area is 141 Å². The van der Waals surface area contributed by atoms with Crippen LogP contribution in [0, 0.1) is 5.82 Å². The molecule has 0 spiro atoms. The predicted octanol–water partition coefficient (Wildman–Crippen LogP) is 3.94. The topological polar surface area (TPSA) is 75.3 Å². The number of rotatable bonds is 2. The minimum Gasteiger partial charge on any atom is -0.464 e. The molecule has 0 radical (unpaired) electrons. The molecule has 0 saturated carbocycles. The van der Waals surface area contributed by atoms with Gasteiger partial charge in [0.25, 0.3) is 0 Å². The number of aliphatic hydroxyl groups is 1. The van der Waals surface area contributed by atoms with Gasteiger partial charge in [0, 0.05) is 28.7 Å². The molecule has 4 aromatic rings. The minimum atomic E-state index is -1.21. The summed E-state index contributed by atoms with van der Waals surface area (Å²) in [6, 6.07) is 12.6. The first-order valence-corrected chi connectivity index (χ1v) is 7.61. The van der Waals surface area contributed by atoms with Crippen LogP contribution in [0.1, 0.15) is 17.2 Å². The molecule has 0 amide bonds. The summed E-state index contributed by atoms with van der Waals surface area (Å²) in [7, 11) is 0. The Morgan fingerprint density at radius 3 is 2.44 bits per heavy atom. The SMILES string of the molecule is O=C(O)n1c2cc(F)ccc2c2ccc(C(O)c3cccnc3)cc21.